The predicted octanol–water partition coefficient (Wildman–Crippen LogP) is 1.30. The number of rotatable bonds is 6. The zero-order chi connectivity index (χ0) is 14.4. The van der Waals surface area contributed by atoms with Crippen LogP contribution in [0.3, 0.4) is 0 Å². The Morgan fingerprint density at radius 1 is 1.32 bits per heavy atom. The highest BCUT2D eigenvalue weighted by atomic mass is 16.5. The number of methoxy groups -OCH3 is 1. The van der Waals surface area contributed by atoms with Gasteiger partial charge in [-0.3, -0.25) is 4.79 Å². The van der Waals surface area contributed by atoms with Crippen molar-refractivity contribution in [1.29, 1.82) is 0 Å². The molecule has 0 radical (unpaired) electrons. The van der Waals surface area contributed by atoms with Gasteiger partial charge in [-0.1, -0.05) is 0 Å². The Hall–Kier alpha value is -2.24. The van der Waals surface area contributed by atoms with Gasteiger partial charge in [-0.2, -0.15) is 0 Å². The summed E-state index contributed by atoms with van der Waals surface area (Å²) in [6.45, 7) is 3.54. The maximum Gasteiger partial charge on any atom is 0.335 e. The molecule has 1 aromatic rings. The Bertz CT molecular complexity index is 470. The smallest absolute Gasteiger partial charge is 0.335 e. The van der Waals surface area contributed by atoms with E-state index in [1.807, 2.05) is 13.8 Å². The minimum absolute atomic E-state index is 0.0346. The zero-order valence-electron chi connectivity index (χ0n) is 11.1. The third-order valence-corrected chi connectivity index (χ3v) is 2.22. The van der Waals surface area contributed by atoms with Gasteiger partial charge in [-0.05, 0) is 32.0 Å². The molecule has 0 unspecified atom stereocenters. The second kappa shape index (κ2) is 6.63. The Morgan fingerprint density at radius 3 is 2.53 bits per heavy atom. The van der Waals surface area contributed by atoms with E-state index < -0.39 is 5.97 Å². The molecule has 2 N–H and O–H groups in total. The summed E-state index contributed by atoms with van der Waals surface area (Å²) in [6, 6.07) is 4.23. The number of ether oxygens (including phenoxy) is 2. The van der Waals surface area contributed by atoms with Crippen LogP contribution < -0.4 is 14.8 Å². The molecule has 0 aliphatic heterocycles. The number of carbonyl (C=O) groups excluding carboxylic acids is 1. The number of benzene rings is 1. The summed E-state index contributed by atoms with van der Waals surface area (Å²) in [7, 11) is 1.40. The molecule has 0 saturated heterocycles. The van der Waals surface area contributed by atoms with Gasteiger partial charge in [0.2, 0.25) is 0 Å². The van der Waals surface area contributed by atoms with Crippen LogP contribution in [0.1, 0.15) is 24.2 Å². The fourth-order valence-electron chi connectivity index (χ4n) is 1.43. The van der Waals surface area contributed by atoms with Crippen molar-refractivity contribution in [3.8, 4) is 11.5 Å². The second-order valence-corrected chi connectivity index (χ2v) is 4.18. The van der Waals surface area contributed by atoms with Crippen LogP contribution in [-0.2, 0) is 4.79 Å². The van der Waals surface area contributed by atoms with Crippen LogP contribution in [0.25, 0.3) is 0 Å². The summed E-state index contributed by atoms with van der Waals surface area (Å²) in [5.74, 6) is -0.703. The first kappa shape index (κ1) is 14.8. The van der Waals surface area contributed by atoms with Crippen molar-refractivity contribution in [3.63, 3.8) is 0 Å². The highest BCUT2D eigenvalue weighted by Gasteiger charge is 2.11. The number of carboxylic acid groups (broad SMARTS) is 1. The lowest BCUT2D eigenvalue weighted by atomic mass is 10.2. The highest BCUT2D eigenvalue weighted by Crippen LogP contribution is 2.27. The van der Waals surface area contributed by atoms with Gasteiger partial charge in [0.1, 0.15) is 0 Å². The molecule has 0 aliphatic rings. The van der Waals surface area contributed by atoms with E-state index in [0.29, 0.717) is 5.75 Å². The second-order valence-electron chi connectivity index (χ2n) is 4.18. The number of amides is 1. The van der Waals surface area contributed by atoms with Gasteiger partial charge < -0.3 is 19.9 Å². The van der Waals surface area contributed by atoms with Crippen LogP contribution in [0.5, 0.6) is 11.5 Å². The summed E-state index contributed by atoms with van der Waals surface area (Å²) in [6.07, 6.45) is 0. The van der Waals surface area contributed by atoms with E-state index in [2.05, 4.69) is 5.32 Å². The molecule has 0 aliphatic carbocycles. The summed E-state index contributed by atoms with van der Waals surface area (Å²) in [4.78, 5) is 22.2. The molecule has 0 atom stereocenters. The van der Waals surface area contributed by atoms with E-state index in [-0.39, 0.29) is 29.9 Å². The largest absolute Gasteiger partial charge is 0.493 e. The molecule has 19 heavy (non-hydrogen) atoms. The lowest BCUT2D eigenvalue weighted by molar-refractivity contribution is -0.123. The SMILES string of the molecule is COc1cc(C(=O)O)ccc1OCC(=O)NC(C)C. The summed E-state index contributed by atoms with van der Waals surface area (Å²) in [5, 5.41) is 11.5. The molecule has 0 spiro atoms. The van der Waals surface area contributed by atoms with E-state index in [1.54, 1.807) is 0 Å². The Balaban J connectivity index is 2.73. The minimum atomic E-state index is -1.05. The Labute approximate surface area is 111 Å². The van der Waals surface area contributed by atoms with Gasteiger partial charge in [0.15, 0.2) is 18.1 Å². The molecule has 0 heterocycles. The third-order valence-electron chi connectivity index (χ3n) is 2.22. The molecule has 0 fully saturated rings. The molecule has 1 amide bonds. The minimum Gasteiger partial charge on any atom is -0.493 e. The monoisotopic (exact) mass is 267 g/mol. The Morgan fingerprint density at radius 2 is 2.00 bits per heavy atom. The fraction of sp³-hybridized carbons (Fsp3) is 0.385. The number of carboxylic acids is 1. The maximum atomic E-state index is 11.4. The standard InChI is InChI=1S/C13H17NO5/c1-8(2)14-12(15)7-19-10-5-4-9(13(16)17)6-11(10)18-3/h4-6,8H,7H2,1-3H3,(H,14,15)(H,16,17). The van der Waals surface area contributed by atoms with Crippen LogP contribution >= 0.6 is 0 Å². The van der Waals surface area contributed by atoms with Crippen LogP contribution in [-0.4, -0.2) is 36.7 Å². The quantitative estimate of drug-likeness (QED) is 0.811. The van der Waals surface area contributed by atoms with Gasteiger partial charge in [-0.25, -0.2) is 4.79 Å². The van der Waals surface area contributed by atoms with Crippen molar-refractivity contribution in [1.82, 2.24) is 5.32 Å². The third kappa shape index (κ3) is 4.50. The fourth-order valence-corrected chi connectivity index (χ4v) is 1.43. The van der Waals surface area contributed by atoms with Crippen molar-refractivity contribution in [2.24, 2.45) is 0 Å². The first-order chi connectivity index (χ1) is 8.93. The molecular weight excluding hydrogens is 250 g/mol. The van der Waals surface area contributed by atoms with E-state index in [9.17, 15) is 9.59 Å². The van der Waals surface area contributed by atoms with Gasteiger partial charge in [0.05, 0.1) is 12.7 Å². The number of hydrogen-bond donors (Lipinski definition) is 2. The first-order valence-corrected chi connectivity index (χ1v) is 5.77. The molecule has 1 rings (SSSR count). The molecule has 6 heteroatoms. The van der Waals surface area contributed by atoms with E-state index in [4.69, 9.17) is 14.6 Å². The van der Waals surface area contributed by atoms with Crippen molar-refractivity contribution in [2.45, 2.75) is 19.9 Å². The Kier molecular flexibility index (Phi) is 5.17. The zero-order valence-corrected chi connectivity index (χ0v) is 11.1. The predicted molar refractivity (Wildman–Crippen MR) is 68.7 cm³/mol. The molecule has 104 valence electrons. The molecule has 1 aromatic carbocycles. The molecule has 0 bridgehead atoms. The molecule has 0 saturated carbocycles. The van der Waals surface area contributed by atoms with Gasteiger partial charge >= 0.3 is 5.97 Å². The number of aromatic carboxylic acids is 1. The number of carbonyl (C=O) groups is 2. The topological polar surface area (TPSA) is 84.9 Å². The van der Waals surface area contributed by atoms with Crippen LogP contribution in [0.2, 0.25) is 0 Å². The van der Waals surface area contributed by atoms with Crippen molar-refractivity contribution >= 4 is 11.9 Å². The average molecular weight is 267 g/mol. The number of nitrogens with one attached hydrogen (secondary N) is 1. The highest BCUT2D eigenvalue weighted by molar-refractivity contribution is 5.88. The summed E-state index contributed by atoms with van der Waals surface area (Å²) >= 11 is 0. The number of hydrogen-bond acceptors (Lipinski definition) is 4. The molecule has 0 aromatic heterocycles. The molecular formula is C13H17NO5. The normalized spacial score (nSPS) is 10.1. The average Bonchev–Trinajstić information content (AvgIpc) is 2.35. The van der Waals surface area contributed by atoms with E-state index in [1.165, 1.54) is 25.3 Å². The van der Waals surface area contributed by atoms with E-state index in [0.717, 1.165) is 0 Å². The van der Waals surface area contributed by atoms with Crippen molar-refractivity contribution < 1.29 is 24.2 Å². The van der Waals surface area contributed by atoms with Gasteiger partial charge in [-0.15, -0.1) is 0 Å². The van der Waals surface area contributed by atoms with Crippen LogP contribution in [0.15, 0.2) is 18.2 Å². The lowest BCUT2D eigenvalue weighted by Crippen LogP contribution is -2.34. The van der Waals surface area contributed by atoms with Gasteiger partial charge in [0.25, 0.3) is 5.91 Å². The van der Waals surface area contributed by atoms with Crippen LogP contribution in [0, 0.1) is 0 Å². The van der Waals surface area contributed by atoms with E-state index >= 15 is 0 Å². The van der Waals surface area contributed by atoms with Crippen molar-refractivity contribution in [3.05, 3.63) is 23.8 Å². The summed E-state index contributed by atoms with van der Waals surface area (Å²) in [5.41, 5.74) is 0.0934. The lowest BCUT2D eigenvalue weighted by Gasteiger charge is -2.12. The van der Waals surface area contributed by atoms with Gasteiger partial charge in [0, 0.05) is 6.04 Å². The van der Waals surface area contributed by atoms with Crippen molar-refractivity contribution in [2.75, 3.05) is 13.7 Å². The first-order valence-electron chi connectivity index (χ1n) is 5.77. The maximum absolute atomic E-state index is 11.4. The van der Waals surface area contributed by atoms with Crippen LogP contribution in [0.4, 0.5) is 0 Å². The summed E-state index contributed by atoms with van der Waals surface area (Å²) < 4.78 is 10.3. The molecule has 6 nitrogen and oxygen atoms in total.